The molecule has 0 fully saturated rings. The molecule has 0 aliphatic carbocycles. The number of hydrogen-bond acceptors (Lipinski definition) is 3. The van der Waals surface area contributed by atoms with Crippen LogP contribution in [0.4, 0.5) is 14.5 Å². The average molecular weight is 273 g/mol. The highest BCUT2D eigenvalue weighted by Crippen LogP contribution is 2.19. The summed E-state index contributed by atoms with van der Waals surface area (Å²) in [7, 11) is 0. The molecule has 1 heterocycles. The predicted octanol–water partition coefficient (Wildman–Crippen LogP) is 2.79. The van der Waals surface area contributed by atoms with Crippen LogP contribution in [0.3, 0.4) is 0 Å². The molecule has 4 nitrogen and oxygen atoms in total. The van der Waals surface area contributed by atoms with Gasteiger partial charge in [0.05, 0.1) is 11.3 Å². The van der Waals surface area contributed by atoms with Gasteiger partial charge in [0.15, 0.2) is 0 Å². The van der Waals surface area contributed by atoms with Gasteiger partial charge in [0.1, 0.15) is 23.4 Å². The summed E-state index contributed by atoms with van der Waals surface area (Å²) in [6.07, 6.45) is 1.22. The third-order valence-corrected chi connectivity index (χ3v) is 2.62. The first-order chi connectivity index (χ1) is 9.51. The zero-order valence-electron chi connectivity index (χ0n) is 10.4. The van der Waals surface area contributed by atoms with E-state index in [-0.39, 0.29) is 16.9 Å². The van der Waals surface area contributed by atoms with Crippen LogP contribution in [0.2, 0.25) is 0 Å². The molecule has 0 aliphatic rings. The standard InChI is InChI=1S/C14H9F2N3O/c1-8-4-11(16)13(5-10(8)15)19-14(20)12-3-2-9(6-17)7-18-12/h2-5,7H,1H3,(H,19,20). The first-order valence-corrected chi connectivity index (χ1v) is 5.64. The molecule has 0 saturated carbocycles. The summed E-state index contributed by atoms with van der Waals surface area (Å²) < 4.78 is 26.9. The van der Waals surface area contributed by atoms with Crippen LogP contribution >= 0.6 is 0 Å². The number of pyridine rings is 1. The maximum absolute atomic E-state index is 13.6. The second-order valence-electron chi connectivity index (χ2n) is 4.08. The summed E-state index contributed by atoms with van der Waals surface area (Å²) in [6.45, 7) is 1.42. The van der Waals surface area contributed by atoms with Crippen molar-refractivity contribution in [2.24, 2.45) is 0 Å². The van der Waals surface area contributed by atoms with E-state index >= 15 is 0 Å². The lowest BCUT2D eigenvalue weighted by Gasteiger charge is -2.07. The summed E-state index contributed by atoms with van der Waals surface area (Å²) in [5.41, 5.74) is 0.194. The number of nitrogens with one attached hydrogen (secondary N) is 1. The van der Waals surface area contributed by atoms with Crippen molar-refractivity contribution >= 4 is 11.6 Å². The van der Waals surface area contributed by atoms with E-state index in [1.54, 1.807) is 0 Å². The fraction of sp³-hybridized carbons (Fsp3) is 0.0714. The molecule has 2 rings (SSSR count). The van der Waals surface area contributed by atoms with Gasteiger partial charge in [-0.1, -0.05) is 0 Å². The summed E-state index contributed by atoms with van der Waals surface area (Å²) >= 11 is 0. The molecule has 1 aromatic carbocycles. The minimum absolute atomic E-state index is 0.00406. The molecule has 100 valence electrons. The van der Waals surface area contributed by atoms with Gasteiger partial charge in [-0.15, -0.1) is 0 Å². The molecule has 0 saturated heterocycles. The molecule has 1 aromatic heterocycles. The van der Waals surface area contributed by atoms with Gasteiger partial charge in [-0.3, -0.25) is 4.79 Å². The largest absolute Gasteiger partial charge is 0.318 e. The van der Waals surface area contributed by atoms with Gasteiger partial charge in [0, 0.05) is 12.3 Å². The van der Waals surface area contributed by atoms with E-state index in [2.05, 4.69) is 10.3 Å². The van der Waals surface area contributed by atoms with Gasteiger partial charge in [-0.05, 0) is 30.7 Å². The van der Waals surface area contributed by atoms with Crippen LogP contribution in [-0.2, 0) is 0 Å². The van der Waals surface area contributed by atoms with E-state index in [1.165, 1.54) is 25.3 Å². The van der Waals surface area contributed by atoms with E-state index in [0.717, 1.165) is 12.1 Å². The van der Waals surface area contributed by atoms with Crippen molar-refractivity contribution in [1.82, 2.24) is 4.98 Å². The first-order valence-electron chi connectivity index (χ1n) is 5.64. The summed E-state index contributed by atoms with van der Waals surface area (Å²) in [4.78, 5) is 15.6. The number of nitrogens with zero attached hydrogens (tertiary/aromatic N) is 2. The lowest BCUT2D eigenvalue weighted by atomic mass is 10.2. The van der Waals surface area contributed by atoms with Crippen molar-refractivity contribution in [2.45, 2.75) is 6.92 Å². The van der Waals surface area contributed by atoms with Crippen molar-refractivity contribution in [3.8, 4) is 6.07 Å². The fourth-order valence-electron chi connectivity index (χ4n) is 1.52. The SMILES string of the molecule is Cc1cc(F)c(NC(=O)c2ccc(C#N)cn2)cc1F. The Morgan fingerprint density at radius 2 is 2.05 bits per heavy atom. The molecule has 0 spiro atoms. The number of nitriles is 1. The zero-order chi connectivity index (χ0) is 14.7. The highest BCUT2D eigenvalue weighted by atomic mass is 19.1. The lowest BCUT2D eigenvalue weighted by molar-refractivity contribution is 0.102. The Bertz CT molecular complexity index is 706. The monoisotopic (exact) mass is 273 g/mol. The smallest absolute Gasteiger partial charge is 0.274 e. The normalized spacial score (nSPS) is 9.90. The highest BCUT2D eigenvalue weighted by Gasteiger charge is 2.12. The van der Waals surface area contributed by atoms with Crippen LogP contribution in [0, 0.1) is 29.9 Å². The Labute approximate surface area is 113 Å². The summed E-state index contributed by atoms with van der Waals surface area (Å²) in [6, 6.07) is 6.51. The van der Waals surface area contributed by atoms with Crippen LogP contribution in [-0.4, -0.2) is 10.9 Å². The number of aryl methyl sites for hydroxylation is 1. The van der Waals surface area contributed by atoms with Gasteiger partial charge in [-0.2, -0.15) is 5.26 Å². The van der Waals surface area contributed by atoms with Gasteiger partial charge in [-0.25, -0.2) is 13.8 Å². The van der Waals surface area contributed by atoms with Crippen molar-refractivity contribution in [1.29, 1.82) is 5.26 Å². The number of amides is 1. The van der Waals surface area contributed by atoms with E-state index < -0.39 is 17.5 Å². The number of anilines is 1. The zero-order valence-corrected chi connectivity index (χ0v) is 10.4. The molecule has 1 amide bonds. The Morgan fingerprint density at radius 1 is 1.30 bits per heavy atom. The Hall–Kier alpha value is -2.81. The Kier molecular flexibility index (Phi) is 3.71. The van der Waals surface area contributed by atoms with Crippen LogP contribution in [0.1, 0.15) is 21.6 Å². The van der Waals surface area contributed by atoms with Crippen molar-refractivity contribution in [3.05, 3.63) is 58.9 Å². The van der Waals surface area contributed by atoms with Crippen LogP contribution < -0.4 is 5.32 Å². The first kappa shape index (κ1) is 13.6. The third-order valence-electron chi connectivity index (χ3n) is 2.62. The molecule has 1 N–H and O–H groups in total. The van der Waals surface area contributed by atoms with Gasteiger partial charge in [0.2, 0.25) is 0 Å². The van der Waals surface area contributed by atoms with Gasteiger partial charge in [0.25, 0.3) is 5.91 Å². The predicted molar refractivity (Wildman–Crippen MR) is 68.0 cm³/mol. The topological polar surface area (TPSA) is 65.8 Å². The van der Waals surface area contributed by atoms with E-state index in [1.807, 2.05) is 6.07 Å². The quantitative estimate of drug-likeness (QED) is 0.914. The van der Waals surface area contributed by atoms with E-state index in [4.69, 9.17) is 5.26 Å². The molecule has 0 atom stereocenters. The molecule has 20 heavy (non-hydrogen) atoms. The maximum Gasteiger partial charge on any atom is 0.274 e. The lowest BCUT2D eigenvalue weighted by Crippen LogP contribution is -2.15. The third kappa shape index (κ3) is 2.78. The molecule has 0 aliphatic heterocycles. The molecule has 0 unspecified atom stereocenters. The molecule has 0 bridgehead atoms. The minimum Gasteiger partial charge on any atom is -0.318 e. The summed E-state index contributed by atoms with van der Waals surface area (Å²) in [5.74, 6) is -2.03. The Morgan fingerprint density at radius 3 is 2.65 bits per heavy atom. The minimum atomic E-state index is -0.731. The van der Waals surface area contributed by atoms with E-state index in [9.17, 15) is 13.6 Å². The number of aromatic nitrogens is 1. The van der Waals surface area contributed by atoms with Crippen LogP contribution in [0.25, 0.3) is 0 Å². The van der Waals surface area contributed by atoms with E-state index in [0.29, 0.717) is 5.56 Å². The average Bonchev–Trinajstić information content (AvgIpc) is 2.44. The number of rotatable bonds is 2. The number of halogens is 2. The maximum atomic E-state index is 13.6. The van der Waals surface area contributed by atoms with Crippen LogP contribution in [0.5, 0.6) is 0 Å². The van der Waals surface area contributed by atoms with Crippen LogP contribution in [0.15, 0.2) is 30.5 Å². The number of benzene rings is 1. The number of hydrogen-bond donors (Lipinski definition) is 1. The van der Waals surface area contributed by atoms with Crippen molar-refractivity contribution in [2.75, 3.05) is 5.32 Å². The van der Waals surface area contributed by atoms with Gasteiger partial charge >= 0.3 is 0 Å². The second-order valence-corrected chi connectivity index (χ2v) is 4.08. The summed E-state index contributed by atoms with van der Waals surface area (Å²) in [5, 5.41) is 10.8. The second kappa shape index (κ2) is 5.45. The molecule has 0 radical (unpaired) electrons. The molecular formula is C14H9F2N3O. The number of carbonyl (C=O) groups excluding carboxylic acids is 1. The molecule has 2 aromatic rings. The number of carbonyl (C=O) groups is 1. The van der Waals surface area contributed by atoms with Gasteiger partial charge < -0.3 is 5.32 Å². The highest BCUT2D eigenvalue weighted by molar-refractivity contribution is 6.02. The fourth-order valence-corrected chi connectivity index (χ4v) is 1.52. The van der Waals surface area contributed by atoms with Crippen molar-refractivity contribution < 1.29 is 13.6 Å². The van der Waals surface area contributed by atoms with Crippen molar-refractivity contribution in [3.63, 3.8) is 0 Å². The Balaban J connectivity index is 2.23. The molecular weight excluding hydrogens is 264 g/mol. The molecule has 6 heteroatoms.